The van der Waals surface area contributed by atoms with Crippen LogP contribution < -0.4 is 0 Å². The third kappa shape index (κ3) is 4.44. The zero-order valence-corrected chi connectivity index (χ0v) is 28.4. The minimum absolute atomic E-state index is 0.863. The SMILES string of the molecule is CCc1nc2ccccc2n1-c1cccc(-c2cccc(-c3c4ccccc4c(-c4cccc5sc6ccccc6c45)c4ccccc34)c2)c1. The van der Waals surface area contributed by atoms with Crippen molar-refractivity contribution in [1.29, 1.82) is 0 Å². The summed E-state index contributed by atoms with van der Waals surface area (Å²) in [4.78, 5) is 4.94. The minimum Gasteiger partial charge on any atom is -0.296 e. The van der Waals surface area contributed by atoms with E-state index in [0.717, 1.165) is 29.0 Å². The fraction of sp³-hybridized carbons (Fsp3) is 0.0426. The number of hydrogen-bond donors (Lipinski definition) is 0. The number of imidazole rings is 1. The highest BCUT2D eigenvalue weighted by molar-refractivity contribution is 7.25. The molecule has 0 radical (unpaired) electrons. The van der Waals surface area contributed by atoms with Crippen molar-refractivity contribution in [2.24, 2.45) is 0 Å². The van der Waals surface area contributed by atoms with Gasteiger partial charge in [0.1, 0.15) is 5.82 Å². The van der Waals surface area contributed by atoms with E-state index in [-0.39, 0.29) is 0 Å². The first-order valence-electron chi connectivity index (χ1n) is 17.3. The molecule has 2 heterocycles. The zero-order valence-electron chi connectivity index (χ0n) is 27.6. The number of aromatic nitrogens is 2. The highest BCUT2D eigenvalue weighted by Gasteiger charge is 2.20. The molecule has 0 aliphatic carbocycles. The van der Waals surface area contributed by atoms with E-state index in [2.05, 4.69) is 175 Å². The molecule has 236 valence electrons. The molecule has 0 saturated carbocycles. The lowest BCUT2D eigenvalue weighted by atomic mass is 9.84. The monoisotopic (exact) mass is 656 g/mol. The van der Waals surface area contributed by atoms with Gasteiger partial charge in [0.2, 0.25) is 0 Å². The topological polar surface area (TPSA) is 17.8 Å². The molecule has 0 fully saturated rings. The van der Waals surface area contributed by atoms with E-state index in [0.29, 0.717) is 0 Å². The van der Waals surface area contributed by atoms with Gasteiger partial charge in [-0.15, -0.1) is 11.3 Å². The van der Waals surface area contributed by atoms with Crippen molar-refractivity contribution < 1.29 is 0 Å². The van der Waals surface area contributed by atoms with Crippen molar-refractivity contribution in [3.05, 3.63) is 170 Å². The average Bonchev–Trinajstić information content (AvgIpc) is 3.76. The molecule has 0 amide bonds. The third-order valence-corrected chi connectivity index (χ3v) is 11.3. The van der Waals surface area contributed by atoms with Gasteiger partial charge in [0.25, 0.3) is 0 Å². The Balaban J connectivity index is 1.19. The maximum absolute atomic E-state index is 4.94. The van der Waals surface area contributed by atoms with Crippen molar-refractivity contribution >= 4 is 64.1 Å². The van der Waals surface area contributed by atoms with Crippen LogP contribution in [0, 0.1) is 0 Å². The first-order chi connectivity index (χ1) is 24.8. The first kappa shape index (κ1) is 28.9. The summed E-state index contributed by atoms with van der Waals surface area (Å²) in [5.74, 6) is 1.07. The molecule has 0 spiro atoms. The van der Waals surface area contributed by atoms with Crippen molar-refractivity contribution in [3.8, 4) is 39.1 Å². The molecule has 50 heavy (non-hydrogen) atoms. The highest BCUT2D eigenvalue weighted by Crippen LogP contribution is 2.48. The second-order valence-electron chi connectivity index (χ2n) is 13.0. The fourth-order valence-electron chi connectivity index (χ4n) is 7.99. The normalized spacial score (nSPS) is 11.8. The van der Waals surface area contributed by atoms with Gasteiger partial charge in [0.05, 0.1) is 11.0 Å². The maximum atomic E-state index is 4.94. The van der Waals surface area contributed by atoms with Gasteiger partial charge < -0.3 is 0 Å². The minimum atomic E-state index is 0.863. The summed E-state index contributed by atoms with van der Waals surface area (Å²) in [5, 5.41) is 7.74. The molecule has 2 nitrogen and oxygen atoms in total. The number of para-hydroxylation sites is 2. The van der Waals surface area contributed by atoms with E-state index in [4.69, 9.17) is 4.98 Å². The molecule has 0 aliphatic rings. The zero-order chi connectivity index (χ0) is 33.2. The first-order valence-corrected chi connectivity index (χ1v) is 18.1. The fourth-order valence-corrected chi connectivity index (χ4v) is 9.12. The van der Waals surface area contributed by atoms with E-state index >= 15 is 0 Å². The van der Waals surface area contributed by atoms with Gasteiger partial charge in [-0.25, -0.2) is 4.98 Å². The van der Waals surface area contributed by atoms with Crippen LogP contribution in [0.3, 0.4) is 0 Å². The molecule has 0 saturated heterocycles. The van der Waals surface area contributed by atoms with Crippen LogP contribution in [-0.4, -0.2) is 9.55 Å². The van der Waals surface area contributed by atoms with Crippen LogP contribution in [0.5, 0.6) is 0 Å². The molecule has 8 aromatic carbocycles. The predicted molar refractivity (Wildman–Crippen MR) is 215 cm³/mol. The average molecular weight is 657 g/mol. The Morgan fingerprint density at radius 1 is 0.500 bits per heavy atom. The molecule has 0 aliphatic heterocycles. The Morgan fingerprint density at radius 3 is 1.84 bits per heavy atom. The van der Waals surface area contributed by atoms with Gasteiger partial charge in [-0.1, -0.05) is 128 Å². The summed E-state index contributed by atoms with van der Waals surface area (Å²) < 4.78 is 4.96. The van der Waals surface area contributed by atoms with Crippen LogP contribution in [0.4, 0.5) is 0 Å². The molecule has 10 rings (SSSR count). The van der Waals surface area contributed by atoms with Gasteiger partial charge >= 0.3 is 0 Å². The van der Waals surface area contributed by atoms with Crippen molar-refractivity contribution in [3.63, 3.8) is 0 Å². The van der Waals surface area contributed by atoms with E-state index in [1.54, 1.807) is 0 Å². The van der Waals surface area contributed by atoms with E-state index in [9.17, 15) is 0 Å². The number of hydrogen-bond acceptors (Lipinski definition) is 2. The Kier molecular flexibility index (Phi) is 6.68. The number of rotatable bonds is 5. The molecule has 0 unspecified atom stereocenters. The maximum Gasteiger partial charge on any atom is 0.114 e. The molecule has 2 aromatic heterocycles. The molecular weight excluding hydrogens is 625 g/mol. The quantitative estimate of drug-likeness (QED) is 0.169. The summed E-state index contributed by atoms with van der Waals surface area (Å²) in [6.07, 6.45) is 0.863. The lowest BCUT2D eigenvalue weighted by Gasteiger charge is -2.19. The van der Waals surface area contributed by atoms with Crippen molar-refractivity contribution in [1.82, 2.24) is 9.55 Å². The van der Waals surface area contributed by atoms with Gasteiger partial charge in [0.15, 0.2) is 0 Å². The summed E-state index contributed by atoms with van der Waals surface area (Å²) in [6.45, 7) is 2.17. The molecule has 0 N–H and O–H groups in total. The third-order valence-electron chi connectivity index (χ3n) is 10.1. The Labute approximate surface area is 294 Å². The number of aryl methyl sites for hydroxylation is 1. The summed E-state index contributed by atoms with van der Waals surface area (Å²) in [6, 6.07) is 59.9. The van der Waals surface area contributed by atoms with Crippen LogP contribution in [0.25, 0.3) is 91.8 Å². The van der Waals surface area contributed by atoms with Crippen LogP contribution >= 0.6 is 11.3 Å². The van der Waals surface area contributed by atoms with Crippen LogP contribution in [0.2, 0.25) is 0 Å². The van der Waals surface area contributed by atoms with Crippen molar-refractivity contribution in [2.75, 3.05) is 0 Å². The highest BCUT2D eigenvalue weighted by atomic mass is 32.1. The number of thiophene rings is 1. The van der Waals surface area contributed by atoms with Gasteiger partial charge in [0, 0.05) is 32.3 Å². The van der Waals surface area contributed by atoms with Crippen molar-refractivity contribution in [2.45, 2.75) is 13.3 Å². The summed E-state index contributed by atoms with van der Waals surface area (Å²) in [5.41, 5.74) is 10.8. The molecular formula is C47H32N2S. The van der Waals surface area contributed by atoms with Gasteiger partial charge in [-0.05, 0) is 97.4 Å². The second kappa shape index (κ2) is 11.5. The van der Waals surface area contributed by atoms with Gasteiger partial charge in [-0.3, -0.25) is 4.57 Å². The summed E-state index contributed by atoms with van der Waals surface area (Å²) >= 11 is 1.88. The summed E-state index contributed by atoms with van der Waals surface area (Å²) in [7, 11) is 0. The van der Waals surface area contributed by atoms with Crippen LogP contribution in [-0.2, 0) is 6.42 Å². The number of benzene rings is 8. The lowest BCUT2D eigenvalue weighted by Crippen LogP contribution is -2.00. The Bertz CT molecular complexity index is 2870. The van der Waals surface area contributed by atoms with E-state index in [1.807, 2.05) is 11.3 Å². The molecule has 0 bridgehead atoms. The largest absolute Gasteiger partial charge is 0.296 e. The predicted octanol–water partition coefficient (Wildman–Crippen LogP) is 13.3. The smallest absolute Gasteiger partial charge is 0.114 e. The Morgan fingerprint density at radius 2 is 1.08 bits per heavy atom. The molecule has 3 heteroatoms. The standard InChI is InChI=1S/C47H32N2S/c1-2-44-48-40-24-8-9-25-41(40)49(44)33-17-12-15-31(29-33)30-14-11-16-32(28-30)45-34-18-3-5-20-36(34)46(37-21-6-4-19-35(37)45)39-23-13-27-43-47(39)38-22-7-10-26-42(38)50-43/h3-29H,2H2,1H3. The molecule has 10 aromatic rings. The van der Waals surface area contributed by atoms with E-state index in [1.165, 1.54) is 75.1 Å². The Hall–Kier alpha value is -6.03. The molecule has 0 atom stereocenters. The number of fused-ring (bicyclic) bond motifs is 6. The lowest BCUT2D eigenvalue weighted by molar-refractivity contribution is 0.908. The van der Waals surface area contributed by atoms with E-state index < -0.39 is 0 Å². The van der Waals surface area contributed by atoms with Gasteiger partial charge in [-0.2, -0.15) is 0 Å². The van der Waals surface area contributed by atoms with Crippen LogP contribution in [0.1, 0.15) is 12.7 Å². The van der Waals surface area contributed by atoms with Crippen LogP contribution in [0.15, 0.2) is 164 Å². The second-order valence-corrected chi connectivity index (χ2v) is 14.0. The number of nitrogens with zero attached hydrogens (tertiary/aromatic N) is 2.